The monoisotopic (exact) mass is 381 g/mol. The second-order valence-corrected chi connectivity index (χ2v) is 8.43. The number of amides is 1. The molecule has 0 saturated carbocycles. The number of carbonyl (C=O) groups is 1. The Balaban J connectivity index is 1.53. The van der Waals surface area contributed by atoms with Gasteiger partial charge in [0.1, 0.15) is 17.5 Å². The molecule has 0 spiro atoms. The fourth-order valence-electron chi connectivity index (χ4n) is 4.44. The van der Waals surface area contributed by atoms with Crippen molar-refractivity contribution in [3.05, 3.63) is 42.0 Å². The van der Waals surface area contributed by atoms with Gasteiger partial charge in [0, 0.05) is 24.4 Å². The highest BCUT2D eigenvalue weighted by Crippen LogP contribution is 2.37. The molecule has 150 valence electrons. The summed E-state index contributed by atoms with van der Waals surface area (Å²) in [7, 11) is 0. The molecule has 1 N–H and O–H groups in total. The Morgan fingerprint density at radius 1 is 1.29 bits per heavy atom. The molecule has 0 bridgehead atoms. The van der Waals surface area contributed by atoms with Crippen LogP contribution in [-0.2, 0) is 4.79 Å². The average molecular weight is 382 g/mol. The van der Waals surface area contributed by atoms with E-state index in [0.717, 1.165) is 55.9 Å². The molecule has 2 aromatic rings. The zero-order chi connectivity index (χ0) is 19.5. The number of aromatic nitrogens is 1. The molecule has 2 atom stereocenters. The van der Waals surface area contributed by atoms with Crippen LogP contribution >= 0.6 is 0 Å². The molecule has 4 rings (SSSR count). The van der Waals surface area contributed by atoms with Gasteiger partial charge in [-0.1, -0.05) is 44.2 Å². The summed E-state index contributed by atoms with van der Waals surface area (Å²) >= 11 is 0. The third kappa shape index (κ3) is 4.00. The van der Waals surface area contributed by atoms with Crippen molar-refractivity contribution in [1.29, 1.82) is 0 Å². The molecular formula is C23H31N3O2. The van der Waals surface area contributed by atoms with E-state index in [1.165, 1.54) is 6.42 Å². The van der Waals surface area contributed by atoms with Gasteiger partial charge < -0.3 is 14.6 Å². The van der Waals surface area contributed by atoms with Gasteiger partial charge in [-0.2, -0.15) is 0 Å². The highest BCUT2D eigenvalue weighted by molar-refractivity contribution is 5.77. The van der Waals surface area contributed by atoms with Crippen LogP contribution in [0.2, 0.25) is 0 Å². The molecule has 5 heteroatoms. The number of oxazole rings is 1. The van der Waals surface area contributed by atoms with E-state index in [4.69, 9.17) is 9.40 Å². The van der Waals surface area contributed by atoms with E-state index in [1.807, 2.05) is 23.1 Å². The lowest BCUT2D eigenvalue weighted by molar-refractivity contribution is -0.132. The summed E-state index contributed by atoms with van der Waals surface area (Å²) in [4.78, 5) is 19.8. The van der Waals surface area contributed by atoms with Gasteiger partial charge in [0.05, 0.1) is 0 Å². The Morgan fingerprint density at radius 2 is 2.11 bits per heavy atom. The Labute approximate surface area is 167 Å². The molecule has 2 aliphatic rings. The molecule has 2 aliphatic heterocycles. The lowest BCUT2D eigenvalue weighted by Crippen LogP contribution is -2.31. The van der Waals surface area contributed by atoms with Crippen LogP contribution in [0.1, 0.15) is 69.6 Å². The fraction of sp³-hybridized carbons (Fsp3) is 0.565. The topological polar surface area (TPSA) is 58.4 Å². The number of rotatable bonds is 6. The molecule has 1 aromatic heterocycles. The first-order chi connectivity index (χ1) is 13.6. The minimum Gasteiger partial charge on any atom is -0.442 e. The minimum absolute atomic E-state index is 0.0239. The molecule has 2 unspecified atom stereocenters. The van der Waals surface area contributed by atoms with Crippen molar-refractivity contribution in [3.8, 4) is 11.3 Å². The van der Waals surface area contributed by atoms with Crippen LogP contribution in [0, 0.1) is 5.92 Å². The van der Waals surface area contributed by atoms with E-state index in [1.54, 1.807) is 0 Å². The fourth-order valence-corrected chi connectivity index (χ4v) is 4.44. The van der Waals surface area contributed by atoms with E-state index in [9.17, 15) is 4.79 Å². The largest absolute Gasteiger partial charge is 0.442 e. The number of hydrogen-bond donors (Lipinski definition) is 1. The van der Waals surface area contributed by atoms with Gasteiger partial charge in [0.25, 0.3) is 0 Å². The van der Waals surface area contributed by atoms with E-state index < -0.39 is 0 Å². The van der Waals surface area contributed by atoms with Gasteiger partial charge in [-0.3, -0.25) is 4.79 Å². The highest BCUT2D eigenvalue weighted by Gasteiger charge is 2.34. The number of hydrogen-bond acceptors (Lipinski definition) is 4. The predicted octanol–water partition coefficient (Wildman–Crippen LogP) is 4.52. The second-order valence-electron chi connectivity index (χ2n) is 8.43. The van der Waals surface area contributed by atoms with Crippen LogP contribution in [0.25, 0.3) is 11.3 Å². The van der Waals surface area contributed by atoms with Gasteiger partial charge in [0.15, 0.2) is 0 Å². The Morgan fingerprint density at radius 3 is 2.82 bits per heavy atom. The zero-order valence-corrected chi connectivity index (χ0v) is 17.0. The Bertz CT molecular complexity index is 793. The van der Waals surface area contributed by atoms with Crippen molar-refractivity contribution in [2.24, 2.45) is 5.92 Å². The molecule has 2 fully saturated rings. The summed E-state index contributed by atoms with van der Waals surface area (Å²) in [6.07, 6.45) is 4.75. The maximum Gasteiger partial charge on any atom is 0.223 e. The van der Waals surface area contributed by atoms with Gasteiger partial charge in [0.2, 0.25) is 11.8 Å². The van der Waals surface area contributed by atoms with Crippen LogP contribution in [0.5, 0.6) is 0 Å². The Hall–Kier alpha value is -2.14. The smallest absolute Gasteiger partial charge is 0.223 e. The number of nitrogens with zero attached hydrogens (tertiary/aromatic N) is 2. The van der Waals surface area contributed by atoms with Crippen LogP contribution in [0.15, 0.2) is 34.7 Å². The molecule has 1 aromatic carbocycles. The first kappa shape index (κ1) is 19.2. The standard InChI is InChI=1S/C23H31N3O2/c1-16(2)22-21(18-7-4-3-5-8-18)25-23(28-22)19-9-6-14-26(19)20(27)11-10-17-12-13-24-15-17/h3-5,7-8,16-17,19,24H,6,9-15H2,1-2H3. The highest BCUT2D eigenvalue weighted by atomic mass is 16.4. The third-order valence-corrected chi connectivity index (χ3v) is 6.03. The summed E-state index contributed by atoms with van der Waals surface area (Å²) < 4.78 is 6.26. The van der Waals surface area contributed by atoms with Gasteiger partial charge >= 0.3 is 0 Å². The lowest BCUT2D eigenvalue weighted by Gasteiger charge is -2.23. The third-order valence-electron chi connectivity index (χ3n) is 6.03. The number of nitrogens with one attached hydrogen (secondary N) is 1. The van der Waals surface area contributed by atoms with E-state index in [-0.39, 0.29) is 17.9 Å². The van der Waals surface area contributed by atoms with E-state index in [0.29, 0.717) is 18.2 Å². The van der Waals surface area contributed by atoms with E-state index >= 15 is 0 Å². The van der Waals surface area contributed by atoms with Crippen LogP contribution in [0.3, 0.4) is 0 Å². The molecule has 3 heterocycles. The summed E-state index contributed by atoms with van der Waals surface area (Å²) in [5.74, 6) is 2.76. The maximum absolute atomic E-state index is 12.9. The van der Waals surface area contributed by atoms with Crippen LogP contribution in [0.4, 0.5) is 0 Å². The molecule has 5 nitrogen and oxygen atoms in total. The molecule has 2 saturated heterocycles. The first-order valence-corrected chi connectivity index (χ1v) is 10.7. The van der Waals surface area contributed by atoms with Gasteiger partial charge in [-0.05, 0) is 44.7 Å². The molecular weight excluding hydrogens is 350 g/mol. The molecule has 1 amide bonds. The van der Waals surface area contributed by atoms with E-state index in [2.05, 4.69) is 31.3 Å². The predicted molar refractivity (Wildman–Crippen MR) is 110 cm³/mol. The van der Waals surface area contributed by atoms with Gasteiger partial charge in [-0.25, -0.2) is 4.98 Å². The molecule has 0 aliphatic carbocycles. The normalized spacial score (nSPS) is 22.3. The minimum atomic E-state index is -0.0239. The van der Waals surface area contributed by atoms with Crippen LogP contribution in [-0.4, -0.2) is 35.4 Å². The number of carbonyl (C=O) groups excluding carboxylic acids is 1. The maximum atomic E-state index is 12.9. The SMILES string of the molecule is CC(C)c1oc(C2CCCN2C(=O)CCC2CCNC2)nc1-c1ccccc1. The number of benzene rings is 1. The second kappa shape index (κ2) is 8.48. The van der Waals surface area contributed by atoms with Gasteiger partial charge in [-0.15, -0.1) is 0 Å². The van der Waals surface area contributed by atoms with Crippen molar-refractivity contribution in [1.82, 2.24) is 15.2 Å². The first-order valence-electron chi connectivity index (χ1n) is 10.7. The van der Waals surface area contributed by atoms with Crippen LogP contribution < -0.4 is 5.32 Å². The average Bonchev–Trinajstić information content (AvgIpc) is 3.46. The van der Waals surface area contributed by atoms with Crippen molar-refractivity contribution in [2.75, 3.05) is 19.6 Å². The van der Waals surface area contributed by atoms with Crippen molar-refractivity contribution < 1.29 is 9.21 Å². The summed E-state index contributed by atoms with van der Waals surface area (Å²) in [6.45, 7) is 7.21. The summed E-state index contributed by atoms with van der Waals surface area (Å²) in [5, 5.41) is 3.39. The molecule has 0 radical (unpaired) electrons. The van der Waals surface area contributed by atoms with Crippen molar-refractivity contribution in [2.45, 2.75) is 57.9 Å². The van der Waals surface area contributed by atoms with Crippen molar-refractivity contribution in [3.63, 3.8) is 0 Å². The lowest BCUT2D eigenvalue weighted by atomic mass is 10.0. The van der Waals surface area contributed by atoms with Crippen molar-refractivity contribution >= 4 is 5.91 Å². The summed E-state index contributed by atoms with van der Waals surface area (Å²) in [5.41, 5.74) is 1.99. The quantitative estimate of drug-likeness (QED) is 0.799. The zero-order valence-electron chi connectivity index (χ0n) is 17.0. The summed E-state index contributed by atoms with van der Waals surface area (Å²) in [6, 6.07) is 10.2. The molecule has 28 heavy (non-hydrogen) atoms. The Kier molecular flexibility index (Phi) is 5.81. The number of likely N-dealkylation sites (tertiary alicyclic amines) is 1.